The van der Waals surface area contributed by atoms with Gasteiger partial charge in [0.25, 0.3) is 5.91 Å². The van der Waals surface area contributed by atoms with Gasteiger partial charge >= 0.3 is 0 Å². The number of hydrogen-bond acceptors (Lipinski definition) is 4. The largest absolute Gasteiger partial charge is 0.467 e. The Labute approximate surface area is 128 Å². The zero-order valence-electron chi connectivity index (χ0n) is 12.2. The second-order valence-electron chi connectivity index (χ2n) is 4.77. The molecule has 2 aromatic rings. The molecule has 1 aromatic heterocycles. The Kier molecular flexibility index (Phi) is 5.73. The predicted molar refractivity (Wildman–Crippen MR) is 82.1 cm³/mol. The molecule has 2 amide bonds. The van der Waals surface area contributed by atoms with Gasteiger partial charge in [0.2, 0.25) is 5.91 Å². The maximum atomic E-state index is 11.8. The average Bonchev–Trinajstić information content (AvgIpc) is 3.03. The van der Waals surface area contributed by atoms with Crippen LogP contribution in [0.5, 0.6) is 0 Å². The molecule has 0 aliphatic rings. The summed E-state index contributed by atoms with van der Waals surface area (Å²) in [6.07, 6.45) is 2.08. The van der Waals surface area contributed by atoms with E-state index in [9.17, 15) is 9.59 Å². The lowest BCUT2D eigenvalue weighted by molar-refractivity contribution is -0.120. The first kappa shape index (κ1) is 15.8. The first-order valence-corrected chi connectivity index (χ1v) is 7.05. The van der Waals surface area contributed by atoms with E-state index >= 15 is 0 Å². The molecule has 4 N–H and O–H groups in total. The molecule has 6 heteroatoms. The van der Waals surface area contributed by atoms with E-state index < -0.39 is 0 Å². The van der Waals surface area contributed by atoms with Crippen molar-refractivity contribution in [1.82, 2.24) is 10.6 Å². The molecule has 2 rings (SSSR count). The third-order valence-electron chi connectivity index (χ3n) is 3.11. The van der Waals surface area contributed by atoms with E-state index in [1.54, 1.807) is 6.07 Å². The van der Waals surface area contributed by atoms with E-state index in [2.05, 4.69) is 10.6 Å². The molecule has 0 saturated heterocycles. The van der Waals surface area contributed by atoms with Crippen molar-refractivity contribution in [2.24, 2.45) is 5.73 Å². The minimum atomic E-state index is -0.360. The van der Waals surface area contributed by atoms with Gasteiger partial charge in [0.1, 0.15) is 12.0 Å². The first-order valence-electron chi connectivity index (χ1n) is 7.05. The Morgan fingerprint density at radius 2 is 1.91 bits per heavy atom. The molecule has 0 aliphatic heterocycles. The fraction of sp³-hybridized carbons (Fsp3) is 0.250. The molecule has 0 saturated carbocycles. The van der Waals surface area contributed by atoms with Crippen LogP contribution in [0.25, 0.3) is 0 Å². The molecule has 116 valence electrons. The highest BCUT2D eigenvalue weighted by Crippen LogP contribution is 2.06. The lowest BCUT2D eigenvalue weighted by Gasteiger charge is -2.06. The molecule has 1 heterocycles. The number of hydrogen-bond donors (Lipinski definition) is 3. The number of nitrogens with two attached hydrogens (primary N) is 1. The molecule has 22 heavy (non-hydrogen) atoms. The zero-order chi connectivity index (χ0) is 15.8. The summed E-state index contributed by atoms with van der Waals surface area (Å²) >= 11 is 0. The summed E-state index contributed by atoms with van der Waals surface area (Å²) in [5.41, 5.74) is 6.91. The highest BCUT2D eigenvalue weighted by atomic mass is 16.3. The van der Waals surface area contributed by atoms with Crippen LogP contribution in [0.1, 0.15) is 21.7 Å². The zero-order valence-corrected chi connectivity index (χ0v) is 12.2. The third-order valence-corrected chi connectivity index (χ3v) is 3.11. The van der Waals surface area contributed by atoms with E-state index in [0.717, 1.165) is 12.0 Å². The molecule has 0 radical (unpaired) electrons. The third kappa shape index (κ3) is 4.75. The van der Waals surface area contributed by atoms with Crippen LogP contribution in [-0.2, 0) is 17.8 Å². The molecule has 0 spiro atoms. The number of furan rings is 1. The Morgan fingerprint density at radius 1 is 1.14 bits per heavy atom. The molecule has 1 aromatic carbocycles. The fourth-order valence-corrected chi connectivity index (χ4v) is 1.92. The van der Waals surface area contributed by atoms with Gasteiger partial charge < -0.3 is 20.8 Å². The van der Waals surface area contributed by atoms with E-state index in [1.165, 1.54) is 6.26 Å². The minimum absolute atomic E-state index is 0.0727. The average molecular weight is 301 g/mol. The van der Waals surface area contributed by atoms with Crippen molar-refractivity contribution in [2.45, 2.75) is 13.0 Å². The number of benzene rings is 1. The van der Waals surface area contributed by atoms with Gasteiger partial charge in [-0.2, -0.15) is 0 Å². The standard InChI is InChI=1S/C16H19N3O3/c17-9-14-8-13(11-22-14)16(21)19-10-15(20)18-7-6-12-4-2-1-3-5-12/h1-5,8,11H,6-7,9-10,17H2,(H,18,20)(H,19,21). The van der Waals surface area contributed by atoms with Crippen molar-refractivity contribution in [3.8, 4) is 0 Å². The van der Waals surface area contributed by atoms with Crippen LogP contribution in [-0.4, -0.2) is 24.9 Å². The molecule has 0 aliphatic carbocycles. The van der Waals surface area contributed by atoms with Gasteiger partial charge in [-0.1, -0.05) is 30.3 Å². The van der Waals surface area contributed by atoms with Crippen molar-refractivity contribution in [1.29, 1.82) is 0 Å². The quantitative estimate of drug-likeness (QED) is 0.705. The van der Waals surface area contributed by atoms with Crippen molar-refractivity contribution in [2.75, 3.05) is 13.1 Å². The Hall–Kier alpha value is -2.60. The van der Waals surface area contributed by atoms with Gasteiger partial charge in [-0.05, 0) is 18.1 Å². The van der Waals surface area contributed by atoms with Gasteiger partial charge in [0.15, 0.2) is 0 Å². The van der Waals surface area contributed by atoms with Gasteiger partial charge in [0.05, 0.1) is 18.7 Å². The van der Waals surface area contributed by atoms with Crippen molar-refractivity contribution in [3.05, 3.63) is 59.5 Å². The summed E-state index contributed by atoms with van der Waals surface area (Å²) in [5.74, 6) is -0.0639. The van der Waals surface area contributed by atoms with Gasteiger partial charge in [-0.25, -0.2) is 0 Å². The summed E-state index contributed by atoms with van der Waals surface area (Å²) in [6, 6.07) is 11.4. The summed E-state index contributed by atoms with van der Waals surface area (Å²) in [6.45, 7) is 0.686. The Bertz CT molecular complexity index is 623. The smallest absolute Gasteiger partial charge is 0.254 e. The Morgan fingerprint density at radius 3 is 2.59 bits per heavy atom. The van der Waals surface area contributed by atoms with Crippen LogP contribution in [0.15, 0.2) is 47.1 Å². The van der Waals surface area contributed by atoms with Crippen molar-refractivity contribution >= 4 is 11.8 Å². The van der Waals surface area contributed by atoms with Crippen LogP contribution in [0, 0.1) is 0 Å². The van der Waals surface area contributed by atoms with Crippen LogP contribution < -0.4 is 16.4 Å². The second kappa shape index (κ2) is 7.99. The normalized spacial score (nSPS) is 10.2. The number of carbonyl (C=O) groups excluding carboxylic acids is 2. The molecular formula is C16H19N3O3. The van der Waals surface area contributed by atoms with Crippen molar-refractivity contribution < 1.29 is 14.0 Å². The van der Waals surface area contributed by atoms with Gasteiger partial charge in [0, 0.05) is 6.54 Å². The van der Waals surface area contributed by atoms with E-state index in [-0.39, 0.29) is 24.9 Å². The lowest BCUT2D eigenvalue weighted by Crippen LogP contribution is -2.37. The number of carbonyl (C=O) groups is 2. The molecular weight excluding hydrogens is 282 g/mol. The predicted octanol–water partition coefficient (Wildman–Crippen LogP) is 0.827. The number of amides is 2. The topological polar surface area (TPSA) is 97.4 Å². The summed E-state index contributed by atoms with van der Waals surface area (Å²) in [4.78, 5) is 23.4. The minimum Gasteiger partial charge on any atom is -0.467 e. The highest BCUT2D eigenvalue weighted by molar-refractivity contribution is 5.96. The van der Waals surface area contributed by atoms with E-state index in [0.29, 0.717) is 17.9 Å². The number of nitrogens with one attached hydrogen (secondary N) is 2. The van der Waals surface area contributed by atoms with Crippen LogP contribution in [0.3, 0.4) is 0 Å². The molecule has 0 unspecified atom stereocenters. The fourth-order valence-electron chi connectivity index (χ4n) is 1.92. The lowest BCUT2D eigenvalue weighted by atomic mass is 10.1. The summed E-state index contributed by atoms with van der Waals surface area (Å²) in [7, 11) is 0. The number of rotatable bonds is 7. The van der Waals surface area contributed by atoms with Crippen molar-refractivity contribution in [3.63, 3.8) is 0 Å². The van der Waals surface area contributed by atoms with Gasteiger partial charge in [-0.3, -0.25) is 9.59 Å². The Balaban J connectivity index is 1.68. The second-order valence-corrected chi connectivity index (χ2v) is 4.77. The molecule has 0 fully saturated rings. The first-order chi connectivity index (χ1) is 10.7. The molecule has 6 nitrogen and oxygen atoms in total. The van der Waals surface area contributed by atoms with Crippen LogP contribution in [0.2, 0.25) is 0 Å². The monoisotopic (exact) mass is 301 g/mol. The maximum Gasteiger partial charge on any atom is 0.254 e. The summed E-state index contributed by atoms with van der Waals surface area (Å²) in [5, 5.41) is 5.29. The van der Waals surface area contributed by atoms with E-state index in [4.69, 9.17) is 10.2 Å². The SMILES string of the molecule is NCc1cc(C(=O)NCC(=O)NCCc2ccccc2)co1. The maximum absolute atomic E-state index is 11.8. The van der Waals surface area contributed by atoms with Crippen LogP contribution >= 0.6 is 0 Å². The van der Waals surface area contributed by atoms with Gasteiger partial charge in [-0.15, -0.1) is 0 Å². The van der Waals surface area contributed by atoms with Crippen LogP contribution in [0.4, 0.5) is 0 Å². The molecule has 0 bridgehead atoms. The highest BCUT2D eigenvalue weighted by Gasteiger charge is 2.10. The molecule has 0 atom stereocenters. The summed E-state index contributed by atoms with van der Waals surface area (Å²) < 4.78 is 5.07. The van der Waals surface area contributed by atoms with E-state index in [1.807, 2.05) is 30.3 Å².